The zero-order valence-electron chi connectivity index (χ0n) is 15.5. The van der Waals surface area contributed by atoms with Crippen molar-refractivity contribution < 1.29 is 14.8 Å². The predicted molar refractivity (Wildman–Crippen MR) is 117 cm³/mol. The topological polar surface area (TPSA) is 96.0 Å². The Labute approximate surface area is 177 Å². The fourth-order valence-corrected chi connectivity index (χ4v) is 3.32. The average molecular weight is 417 g/mol. The number of carbonyl (C=O) groups excluding carboxylic acids is 1. The van der Waals surface area contributed by atoms with Gasteiger partial charge in [-0.15, -0.1) is 12.6 Å². The maximum Gasteiger partial charge on any atom is 0.282 e. The van der Waals surface area contributed by atoms with Crippen LogP contribution in [0.1, 0.15) is 11.1 Å². The predicted octanol–water partition coefficient (Wildman–Crippen LogP) is 4.42. The van der Waals surface area contributed by atoms with Crippen molar-refractivity contribution in [1.82, 2.24) is 0 Å². The van der Waals surface area contributed by atoms with Gasteiger partial charge in [-0.1, -0.05) is 48.5 Å². The lowest BCUT2D eigenvalue weighted by Crippen LogP contribution is -2.32. The number of aliphatic imine (C=N–C) groups is 1. The molecule has 0 radical (unpaired) electrons. The monoisotopic (exact) mass is 417 g/mol. The molecule has 8 heteroatoms. The largest absolute Gasteiger partial charge is 0.505 e. The molecule has 1 amide bonds. The number of nitro benzene ring substituents is 1. The number of benzene rings is 3. The van der Waals surface area contributed by atoms with Crippen molar-refractivity contribution in [1.29, 1.82) is 0 Å². The van der Waals surface area contributed by atoms with E-state index >= 15 is 0 Å². The molecule has 1 aliphatic rings. The van der Waals surface area contributed by atoms with Crippen molar-refractivity contribution in [2.75, 3.05) is 4.90 Å². The van der Waals surface area contributed by atoms with Crippen LogP contribution in [0.15, 0.2) is 88.4 Å². The fraction of sp³-hybridized carbons (Fsp3) is 0. The summed E-state index contributed by atoms with van der Waals surface area (Å²) in [5.74, 6) is -0.542. The average Bonchev–Trinajstić information content (AvgIpc) is 3.06. The lowest BCUT2D eigenvalue weighted by Gasteiger charge is -2.19. The summed E-state index contributed by atoms with van der Waals surface area (Å²) in [5, 5.41) is 21.4. The molecule has 1 N–H and O–H groups in total. The molecule has 3 aromatic carbocycles. The van der Waals surface area contributed by atoms with E-state index in [1.807, 2.05) is 24.3 Å². The van der Waals surface area contributed by atoms with Gasteiger partial charge in [0.15, 0.2) is 0 Å². The number of phenolic OH excluding ortho intramolecular Hbond substituents is 1. The van der Waals surface area contributed by atoms with Crippen molar-refractivity contribution >= 4 is 41.8 Å². The second-order valence-electron chi connectivity index (χ2n) is 6.46. The van der Waals surface area contributed by atoms with E-state index in [2.05, 4.69) is 17.6 Å². The van der Waals surface area contributed by atoms with Gasteiger partial charge in [0.25, 0.3) is 11.6 Å². The molecule has 0 bridgehead atoms. The Hall–Kier alpha value is -3.91. The van der Waals surface area contributed by atoms with Crippen LogP contribution in [-0.4, -0.2) is 21.8 Å². The second-order valence-corrected chi connectivity index (χ2v) is 6.94. The molecule has 148 valence electrons. The number of anilines is 1. The van der Waals surface area contributed by atoms with Crippen molar-refractivity contribution in [3.05, 3.63) is 99.7 Å². The minimum atomic E-state index is -0.615. The number of aromatic hydroxyl groups is 1. The zero-order valence-corrected chi connectivity index (χ0v) is 16.4. The van der Waals surface area contributed by atoms with Gasteiger partial charge >= 0.3 is 0 Å². The summed E-state index contributed by atoms with van der Waals surface area (Å²) in [6.07, 6.45) is 1.62. The molecule has 0 fully saturated rings. The van der Waals surface area contributed by atoms with Crippen LogP contribution in [0.2, 0.25) is 0 Å². The lowest BCUT2D eigenvalue weighted by atomic mass is 10.1. The number of phenols is 1. The van der Waals surface area contributed by atoms with E-state index < -0.39 is 16.6 Å². The van der Waals surface area contributed by atoms with Crippen molar-refractivity contribution in [3.8, 4) is 5.75 Å². The molecule has 0 unspecified atom stereocenters. The number of nitro groups is 1. The Bertz CT molecular complexity index is 1220. The van der Waals surface area contributed by atoms with Crippen molar-refractivity contribution in [2.24, 2.45) is 4.99 Å². The highest BCUT2D eigenvalue weighted by molar-refractivity contribution is 7.80. The molecule has 0 aromatic heterocycles. The number of carbonyl (C=O) groups is 1. The Morgan fingerprint density at radius 3 is 2.40 bits per heavy atom. The summed E-state index contributed by atoms with van der Waals surface area (Å²) >= 11 is 4.41. The van der Waals surface area contributed by atoms with Gasteiger partial charge in [0.1, 0.15) is 17.3 Å². The van der Waals surface area contributed by atoms with E-state index in [0.29, 0.717) is 16.3 Å². The number of non-ortho nitro benzene ring substituents is 1. The van der Waals surface area contributed by atoms with E-state index in [9.17, 15) is 20.0 Å². The fourth-order valence-electron chi connectivity index (χ4n) is 3.09. The van der Waals surface area contributed by atoms with E-state index in [4.69, 9.17) is 0 Å². The Kier molecular flexibility index (Phi) is 5.07. The van der Waals surface area contributed by atoms with Crippen LogP contribution in [0.5, 0.6) is 5.75 Å². The third-order valence-corrected chi connectivity index (χ3v) is 4.94. The first kappa shape index (κ1) is 19.4. The van der Waals surface area contributed by atoms with Crippen LogP contribution in [0.4, 0.5) is 11.4 Å². The van der Waals surface area contributed by atoms with Gasteiger partial charge < -0.3 is 5.11 Å². The number of hydrogen-bond acceptors (Lipinski definition) is 6. The van der Waals surface area contributed by atoms with Crippen LogP contribution in [0.25, 0.3) is 6.08 Å². The summed E-state index contributed by atoms with van der Waals surface area (Å²) < 4.78 is 0. The third kappa shape index (κ3) is 3.56. The van der Waals surface area contributed by atoms with Crippen LogP contribution in [0, 0.1) is 10.1 Å². The molecular weight excluding hydrogens is 402 g/mol. The summed E-state index contributed by atoms with van der Waals surface area (Å²) in [7, 11) is 0. The molecule has 7 nitrogen and oxygen atoms in total. The van der Waals surface area contributed by atoms with Gasteiger partial charge in [0.2, 0.25) is 0 Å². The van der Waals surface area contributed by atoms with Crippen LogP contribution < -0.4 is 4.90 Å². The number of nitrogens with zero attached hydrogens (tertiary/aromatic N) is 3. The number of rotatable bonds is 4. The minimum Gasteiger partial charge on any atom is -0.505 e. The summed E-state index contributed by atoms with van der Waals surface area (Å²) in [5.41, 5.74) is 1.37. The first-order chi connectivity index (χ1) is 14.5. The van der Waals surface area contributed by atoms with Crippen molar-refractivity contribution in [3.63, 3.8) is 0 Å². The van der Waals surface area contributed by atoms with Gasteiger partial charge in [-0.25, -0.2) is 4.99 Å². The van der Waals surface area contributed by atoms with Gasteiger partial charge in [0, 0.05) is 16.5 Å². The normalized spacial score (nSPS) is 14.8. The van der Waals surface area contributed by atoms with Crippen LogP contribution in [0.3, 0.4) is 0 Å². The van der Waals surface area contributed by atoms with Crippen LogP contribution >= 0.6 is 12.6 Å². The van der Waals surface area contributed by atoms with E-state index in [0.717, 1.165) is 11.6 Å². The first-order valence-electron chi connectivity index (χ1n) is 8.91. The van der Waals surface area contributed by atoms with Crippen LogP contribution in [-0.2, 0) is 4.79 Å². The number of amides is 1. The SMILES string of the molecule is O=C1/C(=C\c2ccccc2S)N=C(c2ccccc2)N1c1ccc([N+](=O)[O-])cc1O. The first-order valence-corrected chi connectivity index (χ1v) is 9.36. The Balaban J connectivity index is 1.85. The molecule has 0 spiro atoms. The summed E-state index contributed by atoms with van der Waals surface area (Å²) in [6.45, 7) is 0. The standard InChI is InChI=1S/C22H15N3O4S/c26-19-13-16(25(28)29)10-11-18(19)24-21(14-6-2-1-3-7-14)23-17(22(24)27)12-15-8-4-5-9-20(15)30/h1-13,26,30H/b17-12+. The number of thiol groups is 1. The highest BCUT2D eigenvalue weighted by Crippen LogP contribution is 2.36. The molecule has 0 saturated heterocycles. The van der Waals surface area contributed by atoms with Crippen molar-refractivity contribution in [2.45, 2.75) is 4.90 Å². The summed E-state index contributed by atoms with van der Waals surface area (Å²) in [4.78, 5) is 30.1. The third-order valence-electron chi connectivity index (χ3n) is 4.53. The molecule has 4 rings (SSSR count). The van der Waals surface area contributed by atoms with E-state index in [1.165, 1.54) is 17.0 Å². The lowest BCUT2D eigenvalue weighted by molar-refractivity contribution is -0.384. The maximum absolute atomic E-state index is 13.2. The van der Waals surface area contributed by atoms with Gasteiger partial charge in [-0.05, 0) is 23.8 Å². The van der Waals surface area contributed by atoms with Gasteiger partial charge in [0.05, 0.1) is 16.7 Å². The Morgan fingerprint density at radius 2 is 1.73 bits per heavy atom. The Morgan fingerprint density at radius 1 is 1.03 bits per heavy atom. The molecule has 0 aliphatic carbocycles. The molecule has 1 aliphatic heterocycles. The number of amidine groups is 1. The molecular formula is C22H15N3O4S. The second kappa shape index (κ2) is 7.84. The summed E-state index contributed by atoms with van der Waals surface area (Å²) in [6, 6.07) is 19.9. The highest BCUT2D eigenvalue weighted by Gasteiger charge is 2.34. The van der Waals surface area contributed by atoms with Gasteiger partial charge in [-0.3, -0.25) is 19.8 Å². The van der Waals surface area contributed by atoms with E-state index in [1.54, 1.807) is 36.4 Å². The molecule has 1 heterocycles. The smallest absolute Gasteiger partial charge is 0.282 e. The molecule has 0 atom stereocenters. The molecule has 3 aromatic rings. The molecule has 30 heavy (non-hydrogen) atoms. The highest BCUT2D eigenvalue weighted by atomic mass is 32.1. The van der Waals surface area contributed by atoms with Gasteiger partial charge in [-0.2, -0.15) is 0 Å². The minimum absolute atomic E-state index is 0.107. The number of hydrogen-bond donors (Lipinski definition) is 2. The van der Waals surface area contributed by atoms with E-state index in [-0.39, 0.29) is 17.1 Å². The maximum atomic E-state index is 13.2. The zero-order chi connectivity index (χ0) is 21.3. The quantitative estimate of drug-likeness (QED) is 0.284. The molecule has 0 saturated carbocycles.